The fraction of sp³-hybridized carbons (Fsp3) is 0.588. The van der Waals surface area contributed by atoms with Gasteiger partial charge in [-0.1, -0.05) is 43.1 Å². The minimum atomic E-state index is 0.0606. The second kappa shape index (κ2) is 7.44. The number of carbonyl (C=O) groups is 1. The Labute approximate surface area is 149 Å². The van der Waals surface area contributed by atoms with Crippen molar-refractivity contribution >= 4 is 44.4 Å². The first-order valence-corrected chi connectivity index (χ1v) is 9.51. The number of amides is 1. The lowest BCUT2D eigenvalue weighted by Crippen LogP contribution is -2.45. The van der Waals surface area contributed by atoms with Crippen LogP contribution in [0.15, 0.2) is 22.7 Å². The molecule has 0 spiro atoms. The molecule has 0 aromatic heterocycles. The molecule has 0 heterocycles. The molecule has 1 aromatic rings. The molecule has 0 radical (unpaired) electrons. The van der Waals surface area contributed by atoms with E-state index in [4.69, 9.17) is 0 Å². The van der Waals surface area contributed by atoms with Crippen LogP contribution in [0, 0.1) is 21.3 Å². The summed E-state index contributed by atoms with van der Waals surface area (Å²) < 4.78 is 1.95. The standard InChI is InChI=1S/C17H23BrINO/c1-10(2)13-6-4-11(3)8-16(13)20-17(21)14-9-12(18)5-7-15(14)19/h5,7,9-11,13,16H,4,6,8H2,1-3H3,(H,20,21). The predicted octanol–water partition coefficient (Wildman–Crippen LogP) is 5.24. The quantitative estimate of drug-likeness (QED) is 0.609. The van der Waals surface area contributed by atoms with Gasteiger partial charge in [-0.15, -0.1) is 0 Å². The lowest BCUT2D eigenvalue weighted by atomic mass is 9.74. The van der Waals surface area contributed by atoms with E-state index in [1.807, 2.05) is 18.2 Å². The van der Waals surface area contributed by atoms with E-state index in [0.29, 0.717) is 23.8 Å². The van der Waals surface area contributed by atoms with Crippen molar-refractivity contribution < 1.29 is 4.79 Å². The first-order valence-electron chi connectivity index (χ1n) is 7.64. The minimum Gasteiger partial charge on any atom is -0.349 e. The Hall–Kier alpha value is -0.100. The minimum absolute atomic E-state index is 0.0606. The third-order valence-electron chi connectivity index (χ3n) is 4.51. The molecule has 2 rings (SSSR count). The van der Waals surface area contributed by atoms with Gasteiger partial charge >= 0.3 is 0 Å². The Morgan fingerprint density at radius 3 is 2.76 bits per heavy atom. The second-order valence-electron chi connectivity index (χ2n) is 6.53. The number of nitrogens with one attached hydrogen (secondary N) is 1. The van der Waals surface area contributed by atoms with Gasteiger partial charge in [0, 0.05) is 14.1 Å². The largest absolute Gasteiger partial charge is 0.349 e. The molecule has 0 saturated heterocycles. The van der Waals surface area contributed by atoms with Gasteiger partial charge < -0.3 is 5.32 Å². The van der Waals surface area contributed by atoms with E-state index in [0.717, 1.165) is 20.0 Å². The van der Waals surface area contributed by atoms with Gasteiger partial charge in [0.2, 0.25) is 0 Å². The monoisotopic (exact) mass is 463 g/mol. The van der Waals surface area contributed by atoms with Crippen LogP contribution >= 0.6 is 38.5 Å². The molecule has 0 bridgehead atoms. The van der Waals surface area contributed by atoms with E-state index >= 15 is 0 Å². The SMILES string of the molecule is CC1CCC(C(C)C)C(NC(=O)c2cc(Br)ccc2I)C1. The van der Waals surface area contributed by atoms with Crippen LogP contribution in [0.2, 0.25) is 0 Å². The Morgan fingerprint density at radius 1 is 1.38 bits per heavy atom. The molecule has 1 aliphatic carbocycles. The zero-order chi connectivity index (χ0) is 15.6. The zero-order valence-corrected chi connectivity index (χ0v) is 16.6. The van der Waals surface area contributed by atoms with Crippen molar-refractivity contribution in [3.8, 4) is 0 Å². The van der Waals surface area contributed by atoms with Gasteiger partial charge in [0.25, 0.3) is 5.91 Å². The molecule has 1 saturated carbocycles. The van der Waals surface area contributed by atoms with Crippen LogP contribution in [0.3, 0.4) is 0 Å². The summed E-state index contributed by atoms with van der Waals surface area (Å²) in [6, 6.07) is 6.16. The third-order valence-corrected chi connectivity index (χ3v) is 5.95. The molecule has 1 aromatic carbocycles. The average molecular weight is 464 g/mol. The molecule has 2 nitrogen and oxygen atoms in total. The smallest absolute Gasteiger partial charge is 0.252 e. The van der Waals surface area contributed by atoms with E-state index in [1.165, 1.54) is 12.8 Å². The van der Waals surface area contributed by atoms with Crippen molar-refractivity contribution in [2.45, 2.75) is 46.1 Å². The number of rotatable bonds is 3. The van der Waals surface area contributed by atoms with E-state index in [-0.39, 0.29) is 5.91 Å². The Morgan fingerprint density at radius 2 is 2.10 bits per heavy atom. The van der Waals surface area contributed by atoms with Crippen LogP contribution in [0.5, 0.6) is 0 Å². The summed E-state index contributed by atoms with van der Waals surface area (Å²) in [5.41, 5.74) is 0.769. The highest BCUT2D eigenvalue weighted by Crippen LogP contribution is 2.33. The lowest BCUT2D eigenvalue weighted by Gasteiger charge is -2.37. The number of benzene rings is 1. The van der Waals surface area contributed by atoms with E-state index in [9.17, 15) is 4.79 Å². The molecule has 1 fully saturated rings. The fourth-order valence-corrected chi connectivity index (χ4v) is 4.23. The Bertz CT molecular complexity index is 518. The molecule has 3 atom stereocenters. The van der Waals surface area contributed by atoms with Gasteiger partial charge in [-0.05, 0) is 71.4 Å². The highest BCUT2D eigenvalue weighted by Gasteiger charge is 2.32. The van der Waals surface area contributed by atoms with E-state index in [2.05, 4.69) is 64.6 Å². The third kappa shape index (κ3) is 4.44. The van der Waals surface area contributed by atoms with Crippen LogP contribution in [0.4, 0.5) is 0 Å². The van der Waals surface area contributed by atoms with Crippen molar-refractivity contribution in [1.29, 1.82) is 0 Å². The van der Waals surface area contributed by atoms with E-state index < -0.39 is 0 Å². The van der Waals surface area contributed by atoms with Crippen LogP contribution in [0.25, 0.3) is 0 Å². The van der Waals surface area contributed by atoms with Crippen molar-refractivity contribution in [1.82, 2.24) is 5.32 Å². The molecular weight excluding hydrogens is 441 g/mol. The molecule has 116 valence electrons. The zero-order valence-electron chi connectivity index (χ0n) is 12.8. The molecule has 0 aliphatic heterocycles. The highest BCUT2D eigenvalue weighted by atomic mass is 127. The predicted molar refractivity (Wildman–Crippen MR) is 99.5 cm³/mol. The van der Waals surface area contributed by atoms with Gasteiger partial charge in [-0.2, -0.15) is 0 Å². The molecule has 4 heteroatoms. The van der Waals surface area contributed by atoms with Crippen molar-refractivity contribution in [3.05, 3.63) is 31.8 Å². The maximum Gasteiger partial charge on any atom is 0.252 e. The van der Waals surface area contributed by atoms with Gasteiger partial charge in [0.05, 0.1) is 5.56 Å². The summed E-state index contributed by atoms with van der Waals surface area (Å²) >= 11 is 5.68. The summed E-state index contributed by atoms with van der Waals surface area (Å²) in [6.07, 6.45) is 3.60. The molecule has 1 aliphatic rings. The molecule has 21 heavy (non-hydrogen) atoms. The summed E-state index contributed by atoms with van der Waals surface area (Å²) in [4.78, 5) is 12.6. The summed E-state index contributed by atoms with van der Waals surface area (Å²) in [5, 5.41) is 3.30. The van der Waals surface area contributed by atoms with Crippen LogP contribution < -0.4 is 5.32 Å². The molecule has 1 N–H and O–H groups in total. The topological polar surface area (TPSA) is 29.1 Å². The average Bonchev–Trinajstić information content (AvgIpc) is 2.41. The molecular formula is C17H23BrINO. The summed E-state index contributed by atoms with van der Waals surface area (Å²) in [5.74, 6) is 1.97. The summed E-state index contributed by atoms with van der Waals surface area (Å²) in [7, 11) is 0. The van der Waals surface area contributed by atoms with Crippen LogP contribution in [0.1, 0.15) is 50.4 Å². The number of hydrogen-bond donors (Lipinski definition) is 1. The van der Waals surface area contributed by atoms with Gasteiger partial charge in [0.1, 0.15) is 0 Å². The van der Waals surface area contributed by atoms with E-state index in [1.54, 1.807) is 0 Å². The van der Waals surface area contributed by atoms with Crippen LogP contribution in [-0.2, 0) is 0 Å². The number of hydrogen-bond acceptors (Lipinski definition) is 1. The molecule has 1 amide bonds. The van der Waals surface area contributed by atoms with Gasteiger partial charge in [0.15, 0.2) is 0 Å². The van der Waals surface area contributed by atoms with Crippen molar-refractivity contribution in [2.24, 2.45) is 17.8 Å². The summed E-state index contributed by atoms with van der Waals surface area (Å²) in [6.45, 7) is 6.82. The molecule has 3 unspecified atom stereocenters. The van der Waals surface area contributed by atoms with Crippen molar-refractivity contribution in [2.75, 3.05) is 0 Å². The van der Waals surface area contributed by atoms with Gasteiger partial charge in [-0.25, -0.2) is 0 Å². The first-order chi connectivity index (χ1) is 9.88. The normalized spacial score (nSPS) is 25.9. The lowest BCUT2D eigenvalue weighted by molar-refractivity contribution is 0.0867. The van der Waals surface area contributed by atoms with Crippen molar-refractivity contribution in [3.63, 3.8) is 0 Å². The van der Waals surface area contributed by atoms with Crippen LogP contribution in [-0.4, -0.2) is 11.9 Å². The number of halogens is 2. The first kappa shape index (κ1) is 17.3. The maximum absolute atomic E-state index is 12.6. The highest BCUT2D eigenvalue weighted by molar-refractivity contribution is 14.1. The fourth-order valence-electron chi connectivity index (χ4n) is 3.29. The Kier molecular flexibility index (Phi) is 6.12. The maximum atomic E-state index is 12.6. The van der Waals surface area contributed by atoms with Gasteiger partial charge in [-0.3, -0.25) is 4.79 Å². The Balaban J connectivity index is 2.14. The second-order valence-corrected chi connectivity index (χ2v) is 8.61. The number of carbonyl (C=O) groups excluding carboxylic acids is 1.